The summed E-state index contributed by atoms with van der Waals surface area (Å²) in [5, 5.41) is 11.1. The summed E-state index contributed by atoms with van der Waals surface area (Å²) >= 11 is 0. The van der Waals surface area contributed by atoms with E-state index in [1.54, 1.807) is 0 Å². The highest BCUT2D eigenvalue weighted by molar-refractivity contribution is 5.15. The van der Waals surface area contributed by atoms with Crippen LogP contribution in [0.5, 0.6) is 0 Å². The van der Waals surface area contributed by atoms with Crippen molar-refractivity contribution < 1.29 is 5.11 Å². The third-order valence-corrected chi connectivity index (χ3v) is 6.06. The van der Waals surface area contributed by atoms with Crippen molar-refractivity contribution >= 4 is 0 Å². The van der Waals surface area contributed by atoms with Crippen molar-refractivity contribution in [1.29, 1.82) is 0 Å². The van der Waals surface area contributed by atoms with E-state index in [-0.39, 0.29) is 0 Å². The topological polar surface area (TPSA) is 20.2 Å². The van der Waals surface area contributed by atoms with Gasteiger partial charge in [0.2, 0.25) is 0 Å². The Morgan fingerprint density at radius 3 is 2.42 bits per heavy atom. The molecule has 2 unspecified atom stereocenters. The van der Waals surface area contributed by atoms with E-state index >= 15 is 0 Å². The average molecular weight is 357 g/mol. The maximum atomic E-state index is 11.1. The van der Waals surface area contributed by atoms with Gasteiger partial charge in [-0.3, -0.25) is 0 Å². The zero-order chi connectivity index (χ0) is 18.8. The van der Waals surface area contributed by atoms with E-state index in [0.717, 1.165) is 31.6 Å². The zero-order valence-electron chi connectivity index (χ0n) is 17.3. The Labute approximate surface area is 161 Å². The normalized spacial score (nSPS) is 18.9. The summed E-state index contributed by atoms with van der Waals surface area (Å²) in [6, 6.07) is 10.9. The van der Waals surface area contributed by atoms with E-state index in [2.05, 4.69) is 57.2 Å². The van der Waals surface area contributed by atoms with E-state index < -0.39 is 5.60 Å². The molecule has 1 heteroatoms. The summed E-state index contributed by atoms with van der Waals surface area (Å²) in [6.45, 7) is 6.75. The molecule has 0 radical (unpaired) electrons. The number of hydrogen-bond donors (Lipinski definition) is 1. The van der Waals surface area contributed by atoms with Crippen LogP contribution in [0.1, 0.15) is 90.5 Å². The summed E-state index contributed by atoms with van der Waals surface area (Å²) in [4.78, 5) is 0. The molecule has 0 amide bonds. The molecule has 1 nitrogen and oxygen atoms in total. The van der Waals surface area contributed by atoms with Gasteiger partial charge in [-0.25, -0.2) is 0 Å². The van der Waals surface area contributed by atoms with E-state index in [1.165, 1.54) is 56.1 Å². The second-order valence-electron chi connectivity index (χ2n) is 9.10. The van der Waals surface area contributed by atoms with Crippen LogP contribution in [0, 0.1) is 11.8 Å². The lowest BCUT2D eigenvalue weighted by atomic mass is 9.76. The van der Waals surface area contributed by atoms with Crippen LogP contribution < -0.4 is 0 Å². The Kier molecular flexibility index (Phi) is 8.91. The second-order valence-corrected chi connectivity index (χ2v) is 9.10. The number of hydrogen-bond acceptors (Lipinski definition) is 1. The van der Waals surface area contributed by atoms with Crippen molar-refractivity contribution in [3.63, 3.8) is 0 Å². The number of aliphatic hydroxyl groups is 1. The van der Waals surface area contributed by atoms with Gasteiger partial charge in [-0.15, -0.1) is 0 Å². The summed E-state index contributed by atoms with van der Waals surface area (Å²) in [5.74, 6) is 1.37. The maximum Gasteiger partial charge on any atom is 0.0650 e. The van der Waals surface area contributed by atoms with Gasteiger partial charge in [-0.2, -0.15) is 0 Å². The third-order valence-electron chi connectivity index (χ3n) is 6.06. The predicted molar refractivity (Wildman–Crippen MR) is 113 cm³/mol. The van der Waals surface area contributed by atoms with Gasteiger partial charge in [0.1, 0.15) is 0 Å². The van der Waals surface area contributed by atoms with Crippen LogP contribution in [0.15, 0.2) is 42.0 Å². The lowest BCUT2D eigenvalue weighted by Crippen LogP contribution is -2.34. The van der Waals surface area contributed by atoms with Gasteiger partial charge in [0.05, 0.1) is 5.60 Å². The first-order valence-electron chi connectivity index (χ1n) is 10.9. The van der Waals surface area contributed by atoms with Gasteiger partial charge in [0, 0.05) is 0 Å². The number of allylic oxidation sites excluding steroid dienone is 2. The Hall–Kier alpha value is -1.08. The highest BCUT2D eigenvalue weighted by Gasteiger charge is 2.31. The molecule has 1 fully saturated rings. The fourth-order valence-corrected chi connectivity index (χ4v) is 4.48. The highest BCUT2D eigenvalue weighted by Crippen LogP contribution is 2.36. The smallest absolute Gasteiger partial charge is 0.0650 e. The molecule has 1 N–H and O–H groups in total. The molecule has 1 aliphatic rings. The molecule has 0 saturated heterocycles. The van der Waals surface area contributed by atoms with Crippen molar-refractivity contribution in [2.75, 3.05) is 0 Å². The largest absolute Gasteiger partial charge is 0.390 e. The molecule has 0 aliphatic heterocycles. The van der Waals surface area contributed by atoms with Crippen LogP contribution in [0.4, 0.5) is 0 Å². The lowest BCUT2D eigenvalue weighted by Gasteiger charge is -2.35. The molecule has 1 aromatic carbocycles. The maximum absolute atomic E-state index is 11.1. The summed E-state index contributed by atoms with van der Waals surface area (Å²) in [6.07, 6.45) is 15.2. The highest BCUT2D eigenvalue weighted by atomic mass is 16.3. The van der Waals surface area contributed by atoms with Crippen LogP contribution in [0.2, 0.25) is 0 Å². The van der Waals surface area contributed by atoms with Gasteiger partial charge in [0.15, 0.2) is 0 Å². The van der Waals surface area contributed by atoms with Crippen LogP contribution in [-0.4, -0.2) is 10.7 Å². The SMILES string of the molecule is CC(C)=CCC(C)CCCC(Cc1ccccc1)CC1(O)CCCCC1. The fraction of sp³-hybridized carbons (Fsp3) is 0.680. The number of benzene rings is 1. The molecule has 0 bridgehead atoms. The molecule has 2 atom stereocenters. The van der Waals surface area contributed by atoms with E-state index in [4.69, 9.17) is 0 Å². The Morgan fingerprint density at radius 1 is 1.08 bits per heavy atom. The minimum Gasteiger partial charge on any atom is -0.390 e. The second kappa shape index (κ2) is 10.9. The number of rotatable bonds is 10. The predicted octanol–water partition coefficient (Wildman–Crippen LogP) is 7.09. The van der Waals surface area contributed by atoms with Crippen LogP contribution in [0.3, 0.4) is 0 Å². The van der Waals surface area contributed by atoms with Crippen molar-refractivity contribution in [2.24, 2.45) is 11.8 Å². The fourth-order valence-electron chi connectivity index (χ4n) is 4.48. The molecule has 2 rings (SSSR count). The quantitative estimate of drug-likeness (QED) is 0.443. The molecule has 0 heterocycles. The monoisotopic (exact) mass is 356 g/mol. The molecule has 146 valence electrons. The Balaban J connectivity index is 1.88. The molecule has 1 aliphatic carbocycles. The third kappa shape index (κ3) is 8.08. The molecular formula is C25H40O. The van der Waals surface area contributed by atoms with Gasteiger partial charge < -0.3 is 5.11 Å². The van der Waals surface area contributed by atoms with Crippen molar-refractivity contribution in [3.8, 4) is 0 Å². The first-order valence-corrected chi connectivity index (χ1v) is 10.9. The standard InChI is InChI=1S/C25H40O/c1-21(2)15-16-22(3)11-10-14-24(19-23-12-6-4-7-13-23)20-25(26)17-8-5-9-18-25/h4,6-7,12-13,15,22,24,26H,5,8-11,14,16-20H2,1-3H3. The first-order chi connectivity index (χ1) is 12.5. The first kappa shape index (κ1) is 21.2. The Morgan fingerprint density at radius 2 is 1.77 bits per heavy atom. The molecule has 0 spiro atoms. The van der Waals surface area contributed by atoms with E-state index in [0.29, 0.717) is 5.92 Å². The summed E-state index contributed by atoms with van der Waals surface area (Å²) < 4.78 is 0. The van der Waals surface area contributed by atoms with E-state index in [1.807, 2.05) is 0 Å². The Bertz CT molecular complexity index is 520. The molecule has 0 aromatic heterocycles. The van der Waals surface area contributed by atoms with Gasteiger partial charge in [-0.1, -0.05) is 87.4 Å². The molecule has 1 aromatic rings. The van der Waals surface area contributed by atoms with E-state index in [9.17, 15) is 5.11 Å². The summed E-state index contributed by atoms with van der Waals surface area (Å²) in [5.41, 5.74) is 2.46. The molecule has 26 heavy (non-hydrogen) atoms. The zero-order valence-corrected chi connectivity index (χ0v) is 17.3. The minimum atomic E-state index is -0.397. The lowest BCUT2D eigenvalue weighted by molar-refractivity contribution is -0.0189. The molecule has 1 saturated carbocycles. The van der Waals surface area contributed by atoms with Gasteiger partial charge in [-0.05, 0) is 63.4 Å². The van der Waals surface area contributed by atoms with Crippen LogP contribution in [0.25, 0.3) is 0 Å². The van der Waals surface area contributed by atoms with Crippen molar-refractivity contribution in [3.05, 3.63) is 47.5 Å². The average Bonchev–Trinajstić information content (AvgIpc) is 2.61. The summed E-state index contributed by atoms with van der Waals surface area (Å²) in [7, 11) is 0. The van der Waals surface area contributed by atoms with Crippen LogP contribution in [-0.2, 0) is 6.42 Å². The van der Waals surface area contributed by atoms with Crippen molar-refractivity contribution in [1.82, 2.24) is 0 Å². The van der Waals surface area contributed by atoms with Gasteiger partial charge >= 0.3 is 0 Å². The van der Waals surface area contributed by atoms with Crippen LogP contribution >= 0.6 is 0 Å². The minimum absolute atomic E-state index is 0.397. The van der Waals surface area contributed by atoms with Gasteiger partial charge in [0.25, 0.3) is 0 Å². The molecular weight excluding hydrogens is 316 g/mol. The van der Waals surface area contributed by atoms with Crippen molar-refractivity contribution in [2.45, 2.75) is 97.0 Å².